The maximum Gasteiger partial charge on any atom is 0.151 e. The highest BCUT2D eigenvalue weighted by molar-refractivity contribution is 9.10. The molecular weight excluding hydrogens is 343 g/mol. The van der Waals surface area contributed by atoms with Crippen LogP contribution >= 0.6 is 27.5 Å². The number of imidazole rings is 1. The number of halogens is 3. The van der Waals surface area contributed by atoms with Crippen LogP contribution in [0.3, 0.4) is 0 Å². The Kier molecular flexibility index (Phi) is 3.52. The Hall–Kier alpha value is -1.39. The minimum absolute atomic E-state index is 0.319. The van der Waals surface area contributed by atoms with E-state index in [1.165, 1.54) is 6.07 Å². The standard InChI is InChI=1S/C15H11BrClFN2/c1-9(17)15-19-14-12(18)6-3-7-13(14)20(15)11-5-2-4-10(16)8-11/h2-9H,1H3. The number of nitrogens with zero attached hydrogens (tertiary/aromatic N) is 2. The van der Waals surface area contributed by atoms with Gasteiger partial charge in [0.25, 0.3) is 0 Å². The van der Waals surface area contributed by atoms with Crippen molar-refractivity contribution in [1.29, 1.82) is 0 Å². The van der Waals surface area contributed by atoms with Crippen molar-refractivity contribution in [2.24, 2.45) is 0 Å². The molecule has 2 aromatic carbocycles. The Morgan fingerprint density at radius 2 is 2.00 bits per heavy atom. The van der Waals surface area contributed by atoms with Gasteiger partial charge in [0, 0.05) is 10.2 Å². The largest absolute Gasteiger partial charge is 0.295 e. The summed E-state index contributed by atoms with van der Waals surface area (Å²) >= 11 is 9.65. The summed E-state index contributed by atoms with van der Waals surface area (Å²) in [4.78, 5) is 4.36. The van der Waals surface area contributed by atoms with E-state index < -0.39 is 0 Å². The van der Waals surface area contributed by atoms with Crippen LogP contribution < -0.4 is 0 Å². The van der Waals surface area contributed by atoms with Crippen molar-refractivity contribution in [2.45, 2.75) is 12.3 Å². The topological polar surface area (TPSA) is 17.8 Å². The maximum absolute atomic E-state index is 13.9. The summed E-state index contributed by atoms with van der Waals surface area (Å²) in [5.74, 6) is 0.291. The molecule has 102 valence electrons. The van der Waals surface area contributed by atoms with Gasteiger partial charge in [-0.15, -0.1) is 11.6 Å². The van der Waals surface area contributed by atoms with Gasteiger partial charge in [-0.25, -0.2) is 9.37 Å². The van der Waals surface area contributed by atoms with Crippen LogP contribution in [0, 0.1) is 5.82 Å². The first-order chi connectivity index (χ1) is 9.58. The van der Waals surface area contributed by atoms with E-state index in [1.807, 2.05) is 41.8 Å². The SMILES string of the molecule is CC(Cl)c1nc2c(F)cccc2n1-c1cccc(Br)c1. The third kappa shape index (κ3) is 2.23. The molecule has 2 nitrogen and oxygen atoms in total. The van der Waals surface area contributed by atoms with Gasteiger partial charge in [0.2, 0.25) is 0 Å². The molecule has 1 unspecified atom stereocenters. The molecule has 1 atom stereocenters. The van der Waals surface area contributed by atoms with E-state index in [1.54, 1.807) is 6.07 Å². The van der Waals surface area contributed by atoms with Crippen LogP contribution in [0.15, 0.2) is 46.9 Å². The summed E-state index contributed by atoms with van der Waals surface area (Å²) in [6.07, 6.45) is 0. The number of benzene rings is 2. The normalized spacial score (nSPS) is 12.8. The quantitative estimate of drug-likeness (QED) is 0.577. The molecule has 1 aromatic heterocycles. The number of hydrogen-bond acceptors (Lipinski definition) is 1. The number of para-hydroxylation sites is 1. The van der Waals surface area contributed by atoms with Crippen molar-refractivity contribution < 1.29 is 4.39 Å². The lowest BCUT2D eigenvalue weighted by molar-refractivity contribution is 0.637. The molecule has 0 bridgehead atoms. The Bertz CT molecular complexity index is 783. The van der Waals surface area contributed by atoms with Gasteiger partial charge in [0.1, 0.15) is 11.3 Å². The van der Waals surface area contributed by atoms with E-state index in [0.717, 1.165) is 10.2 Å². The Morgan fingerprint density at radius 3 is 2.70 bits per heavy atom. The van der Waals surface area contributed by atoms with Crippen molar-refractivity contribution in [3.8, 4) is 5.69 Å². The van der Waals surface area contributed by atoms with Crippen LogP contribution in [0.1, 0.15) is 18.1 Å². The summed E-state index contributed by atoms with van der Waals surface area (Å²) in [5, 5.41) is -0.319. The van der Waals surface area contributed by atoms with Crippen molar-refractivity contribution >= 4 is 38.6 Å². The first-order valence-corrected chi connectivity index (χ1v) is 7.38. The fourth-order valence-corrected chi connectivity index (χ4v) is 2.77. The molecule has 20 heavy (non-hydrogen) atoms. The van der Waals surface area contributed by atoms with E-state index in [-0.39, 0.29) is 11.2 Å². The maximum atomic E-state index is 13.9. The smallest absolute Gasteiger partial charge is 0.151 e. The van der Waals surface area contributed by atoms with Crippen LogP contribution in [0.4, 0.5) is 4.39 Å². The van der Waals surface area contributed by atoms with Gasteiger partial charge < -0.3 is 0 Å². The molecule has 0 radical (unpaired) electrons. The van der Waals surface area contributed by atoms with Crippen LogP contribution in [0.25, 0.3) is 16.7 Å². The molecule has 0 amide bonds. The Balaban J connectivity index is 2.38. The van der Waals surface area contributed by atoms with Crippen LogP contribution in [0.2, 0.25) is 0 Å². The van der Waals surface area contributed by atoms with E-state index in [0.29, 0.717) is 16.9 Å². The molecule has 0 aliphatic heterocycles. The van der Waals surface area contributed by atoms with Gasteiger partial charge in [0.05, 0.1) is 10.9 Å². The van der Waals surface area contributed by atoms with Gasteiger partial charge in [-0.3, -0.25) is 4.57 Å². The number of rotatable bonds is 2. The number of hydrogen-bond donors (Lipinski definition) is 0. The molecule has 1 heterocycles. The lowest BCUT2D eigenvalue weighted by atomic mass is 10.2. The first kappa shape index (κ1) is 13.6. The average Bonchev–Trinajstić information content (AvgIpc) is 2.80. The second-order valence-corrected chi connectivity index (χ2v) is 6.08. The first-order valence-electron chi connectivity index (χ1n) is 6.15. The number of alkyl halides is 1. The van der Waals surface area contributed by atoms with Gasteiger partial charge in [-0.2, -0.15) is 0 Å². The van der Waals surface area contributed by atoms with Crippen LogP contribution in [0.5, 0.6) is 0 Å². The summed E-state index contributed by atoms with van der Waals surface area (Å²) < 4.78 is 16.7. The Morgan fingerprint density at radius 1 is 1.25 bits per heavy atom. The summed E-state index contributed by atoms with van der Waals surface area (Å²) in [7, 11) is 0. The van der Waals surface area contributed by atoms with Gasteiger partial charge in [0.15, 0.2) is 5.82 Å². The zero-order chi connectivity index (χ0) is 14.3. The minimum atomic E-state index is -0.338. The molecular formula is C15H11BrClFN2. The number of fused-ring (bicyclic) bond motifs is 1. The van der Waals surface area contributed by atoms with Crippen molar-refractivity contribution in [3.05, 3.63) is 58.6 Å². The second-order valence-electron chi connectivity index (χ2n) is 4.51. The highest BCUT2D eigenvalue weighted by atomic mass is 79.9. The van der Waals surface area contributed by atoms with Crippen molar-refractivity contribution in [3.63, 3.8) is 0 Å². The Labute approximate surface area is 129 Å². The molecule has 0 fully saturated rings. The molecule has 5 heteroatoms. The molecule has 0 saturated heterocycles. The van der Waals surface area contributed by atoms with Crippen molar-refractivity contribution in [1.82, 2.24) is 9.55 Å². The molecule has 0 spiro atoms. The molecule has 0 N–H and O–H groups in total. The molecule has 0 saturated carbocycles. The average molecular weight is 354 g/mol. The summed E-state index contributed by atoms with van der Waals surface area (Å²) in [5.41, 5.74) is 1.95. The molecule has 3 rings (SSSR count). The lowest BCUT2D eigenvalue weighted by Gasteiger charge is -2.10. The summed E-state index contributed by atoms with van der Waals surface area (Å²) in [6, 6.07) is 12.7. The van der Waals surface area contributed by atoms with E-state index in [9.17, 15) is 4.39 Å². The third-order valence-corrected chi connectivity index (χ3v) is 3.77. The number of aromatic nitrogens is 2. The summed E-state index contributed by atoms with van der Waals surface area (Å²) in [6.45, 7) is 1.83. The van der Waals surface area contributed by atoms with E-state index in [4.69, 9.17) is 11.6 Å². The van der Waals surface area contributed by atoms with E-state index in [2.05, 4.69) is 20.9 Å². The van der Waals surface area contributed by atoms with E-state index >= 15 is 0 Å². The molecule has 0 aliphatic carbocycles. The van der Waals surface area contributed by atoms with Gasteiger partial charge >= 0.3 is 0 Å². The van der Waals surface area contributed by atoms with Gasteiger partial charge in [-0.1, -0.05) is 28.1 Å². The fraction of sp³-hybridized carbons (Fsp3) is 0.133. The highest BCUT2D eigenvalue weighted by Gasteiger charge is 2.18. The van der Waals surface area contributed by atoms with Gasteiger partial charge in [-0.05, 0) is 37.3 Å². The predicted molar refractivity (Wildman–Crippen MR) is 83.0 cm³/mol. The zero-order valence-electron chi connectivity index (χ0n) is 10.6. The second kappa shape index (κ2) is 5.19. The minimum Gasteiger partial charge on any atom is -0.295 e. The highest BCUT2D eigenvalue weighted by Crippen LogP contribution is 2.30. The monoisotopic (exact) mass is 352 g/mol. The molecule has 3 aromatic rings. The lowest BCUT2D eigenvalue weighted by Crippen LogP contribution is -2.01. The predicted octanol–water partition coefficient (Wildman–Crippen LogP) is 5.23. The zero-order valence-corrected chi connectivity index (χ0v) is 13.0. The van der Waals surface area contributed by atoms with Crippen molar-refractivity contribution in [2.75, 3.05) is 0 Å². The molecule has 0 aliphatic rings. The fourth-order valence-electron chi connectivity index (χ4n) is 2.24. The third-order valence-electron chi connectivity index (χ3n) is 3.08. The van der Waals surface area contributed by atoms with Crippen LogP contribution in [-0.2, 0) is 0 Å². The van der Waals surface area contributed by atoms with Crippen LogP contribution in [-0.4, -0.2) is 9.55 Å².